The lowest BCUT2D eigenvalue weighted by Crippen LogP contribution is -2.15. The minimum atomic E-state index is -1.67. The number of hydrogen-bond donors (Lipinski definition) is 1. The topological polar surface area (TPSA) is 55.4 Å². The number of esters is 1. The molecule has 0 unspecified atom stereocenters. The van der Waals surface area contributed by atoms with Crippen molar-refractivity contribution in [1.82, 2.24) is 0 Å². The molecule has 0 saturated heterocycles. The molecule has 0 aliphatic heterocycles. The predicted molar refractivity (Wildman–Crippen MR) is 56.2 cm³/mol. The molecule has 0 saturated carbocycles. The number of carbonyl (C=O) groups excluding carboxylic acids is 2. The summed E-state index contributed by atoms with van der Waals surface area (Å²) in [6, 6.07) is 1.58. The zero-order chi connectivity index (χ0) is 13.7. The molecule has 98 valence electrons. The van der Waals surface area contributed by atoms with Gasteiger partial charge >= 0.3 is 5.97 Å². The molecule has 0 radical (unpaired) electrons. The zero-order valence-corrected chi connectivity index (χ0v) is 9.43. The van der Waals surface area contributed by atoms with Crippen molar-refractivity contribution in [2.75, 3.05) is 12.4 Å². The third kappa shape index (κ3) is 3.47. The first-order valence-electron chi connectivity index (χ1n) is 4.96. The van der Waals surface area contributed by atoms with Crippen molar-refractivity contribution in [2.45, 2.75) is 12.8 Å². The summed E-state index contributed by atoms with van der Waals surface area (Å²) in [5, 5.41) is 2.03. The van der Waals surface area contributed by atoms with E-state index in [4.69, 9.17) is 0 Å². The van der Waals surface area contributed by atoms with Gasteiger partial charge in [0.2, 0.25) is 5.91 Å². The summed E-state index contributed by atoms with van der Waals surface area (Å²) in [6.07, 6.45) is -0.432. The number of halogens is 3. The predicted octanol–water partition coefficient (Wildman–Crippen LogP) is 2.00. The van der Waals surface area contributed by atoms with E-state index in [2.05, 4.69) is 4.74 Å². The van der Waals surface area contributed by atoms with Crippen molar-refractivity contribution in [2.24, 2.45) is 0 Å². The van der Waals surface area contributed by atoms with Crippen LogP contribution < -0.4 is 5.32 Å². The summed E-state index contributed by atoms with van der Waals surface area (Å²) in [7, 11) is 1.16. The Labute approximate surface area is 101 Å². The van der Waals surface area contributed by atoms with E-state index in [1.54, 1.807) is 0 Å². The minimum Gasteiger partial charge on any atom is -0.469 e. The molecule has 1 aromatic rings. The van der Waals surface area contributed by atoms with Crippen LogP contribution >= 0.6 is 0 Å². The molecular formula is C11H10F3NO3. The number of methoxy groups -OCH3 is 1. The van der Waals surface area contributed by atoms with Crippen LogP contribution in [-0.2, 0) is 14.3 Å². The van der Waals surface area contributed by atoms with E-state index in [-0.39, 0.29) is 12.8 Å². The summed E-state index contributed by atoms with van der Waals surface area (Å²) >= 11 is 0. The first-order chi connectivity index (χ1) is 8.45. The van der Waals surface area contributed by atoms with Crippen molar-refractivity contribution < 1.29 is 27.5 Å². The van der Waals surface area contributed by atoms with Crippen molar-refractivity contribution >= 4 is 17.6 Å². The molecule has 4 nitrogen and oxygen atoms in total. The van der Waals surface area contributed by atoms with E-state index in [1.807, 2.05) is 5.32 Å². The molecule has 18 heavy (non-hydrogen) atoms. The van der Waals surface area contributed by atoms with Gasteiger partial charge in [-0.25, -0.2) is 13.2 Å². The maximum atomic E-state index is 13.2. The molecule has 0 spiro atoms. The van der Waals surface area contributed by atoms with Gasteiger partial charge in [0, 0.05) is 6.42 Å². The van der Waals surface area contributed by atoms with Crippen molar-refractivity contribution in [3.05, 3.63) is 29.6 Å². The molecule has 0 atom stereocenters. The summed E-state index contributed by atoms with van der Waals surface area (Å²) in [5.41, 5.74) is -0.483. The Bertz CT molecular complexity index is 477. The average molecular weight is 261 g/mol. The largest absolute Gasteiger partial charge is 0.469 e. The van der Waals surface area contributed by atoms with Crippen LogP contribution in [0.5, 0.6) is 0 Å². The van der Waals surface area contributed by atoms with Crippen molar-refractivity contribution in [1.29, 1.82) is 0 Å². The van der Waals surface area contributed by atoms with Gasteiger partial charge in [-0.05, 0) is 12.1 Å². The second-order valence-electron chi connectivity index (χ2n) is 3.35. The normalized spacial score (nSPS) is 10.0. The van der Waals surface area contributed by atoms with Crippen LogP contribution in [0.3, 0.4) is 0 Å². The van der Waals surface area contributed by atoms with Gasteiger partial charge < -0.3 is 10.1 Å². The number of anilines is 1. The Morgan fingerprint density at radius 1 is 1.17 bits per heavy atom. The highest BCUT2D eigenvalue weighted by molar-refractivity contribution is 5.92. The quantitative estimate of drug-likeness (QED) is 0.666. The lowest BCUT2D eigenvalue weighted by molar-refractivity contribution is -0.141. The maximum absolute atomic E-state index is 13.2. The Balaban J connectivity index is 2.65. The number of benzene rings is 1. The molecule has 1 amide bonds. The highest BCUT2D eigenvalue weighted by atomic mass is 19.2. The van der Waals surface area contributed by atoms with Crippen LogP contribution in [0.4, 0.5) is 18.9 Å². The SMILES string of the molecule is COC(=O)CCC(=O)Nc1ccc(F)c(F)c1F. The van der Waals surface area contributed by atoms with Crippen LogP contribution in [0.1, 0.15) is 12.8 Å². The second kappa shape index (κ2) is 6.04. The Hall–Kier alpha value is -2.05. The molecule has 1 rings (SSSR count). The van der Waals surface area contributed by atoms with Gasteiger partial charge in [-0.15, -0.1) is 0 Å². The minimum absolute atomic E-state index is 0.187. The number of nitrogens with one attached hydrogen (secondary N) is 1. The fourth-order valence-corrected chi connectivity index (χ4v) is 1.15. The van der Waals surface area contributed by atoms with Crippen LogP contribution in [0.15, 0.2) is 12.1 Å². The second-order valence-corrected chi connectivity index (χ2v) is 3.35. The number of amides is 1. The Kier molecular flexibility index (Phi) is 4.70. The highest BCUT2D eigenvalue weighted by Crippen LogP contribution is 2.19. The van der Waals surface area contributed by atoms with Crippen LogP contribution in [-0.4, -0.2) is 19.0 Å². The number of hydrogen-bond acceptors (Lipinski definition) is 3. The fourth-order valence-electron chi connectivity index (χ4n) is 1.15. The average Bonchev–Trinajstić information content (AvgIpc) is 2.36. The lowest BCUT2D eigenvalue weighted by atomic mass is 10.2. The van der Waals surface area contributed by atoms with Gasteiger partial charge in [0.1, 0.15) is 0 Å². The molecule has 7 heteroatoms. The number of ether oxygens (including phenoxy) is 1. The van der Waals surface area contributed by atoms with Crippen molar-refractivity contribution in [3.63, 3.8) is 0 Å². The molecule has 0 bridgehead atoms. The lowest BCUT2D eigenvalue weighted by Gasteiger charge is -2.06. The summed E-state index contributed by atoms with van der Waals surface area (Å²) in [6.45, 7) is 0. The van der Waals surface area contributed by atoms with Gasteiger partial charge in [0.25, 0.3) is 0 Å². The molecular weight excluding hydrogens is 251 g/mol. The molecule has 0 heterocycles. The van der Waals surface area contributed by atoms with E-state index in [0.29, 0.717) is 6.07 Å². The van der Waals surface area contributed by atoms with Crippen molar-refractivity contribution in [3.8, 4) is 0 Å². The number of rotatable bonds is 4. The molecule has 0 aromatic heterocycles. The first-order valence-corrected chi connectivity index (χ1v) is 4.96. The van der Waals surface area contributed by atoms with Crippen LogP contribution in [0.25, 0.3) is 0 Å². The van der Waals surface area contributed by atoms with Crippen LogP contribution in [0.2, 0.25) is 0 Å². The summed E-state index contributed by atoms with van der Waals surface area (Å²) in [5.74, 6) is -5.80. The third-order valence-corrected chi connectivity index (χ3v) is 2.09. The smallest absolute Gasteiger partial charge is 0.306 e. The maximum Gasteiger partial charge on any atom is 0.306 e. The Morgan fingerprint density at radius 3 is 2.44 bits per heavy atom. The Morgan fingerprint density at radius 2 is 1.83 bits per heavy atom. The summed E-state index contributed by atoms with van der Waals surface area (Å²) < 4.78 is 42.9. The van der Waals surface area contributed by atoms with Crippen LogP contribution in [0, 0.1) is 17.5 Å². The van der Waals surface area contributed by atoms with E-state index < -0.39 is 35.0 Å². The summed E-state index contributed by atoms with van der Waals surface area (Å²) in [4.78, 5) is 22.0. The first kappa shape index (κ1) is 14.0. The van der Waals surface area contributed by atoms with Gasteiger partial charge in [-0.2, -0.15) is 0 Å². The molecule has 0 aliphatic rings. The molecule has 0 fully saturated rings. The number of carbonyl (C=O) groups is 2. The van der Waals surface area contributed by atoms with E-state index >= 15 is 0 Å². The fraction of sp³-hybridized carbons (Fsp3) is 0.273. The van der Waals surface area contributed by atoms with E-state index in [9.17, 15) is 22.8 Å². The van der Waals surface area contributed by atoms with Gasteiger partial charge in [-0.3, -0.25) is 9.59 Å². The monoisotopic (exact) mass is 261 g/mol. The van der Waals surface area contributed by atoms with E-state index in [0.717, 1.165) is 13.2 Å². The standard InChI is InChI=1S/C11H10F3NO3/c1-18-9(17)5-4-8(16)15-7-3-2-6(12)10(13)11(7)14/h2-3H,4-5H2,1H3,(H,15,16). The molecule has 1 aromatic carbocycles. The zero-order valence-electron chi connectivity index (χ0n) is 9.43. The van der Waals surface area contributed by atoms with Gasteiger partial charge in [-0.1, -0.05) is 0 Å². The highest BCUT2D eigenvalue weighted by Gasteiger charge is 2.15. The van der Waals surface area contributed by atoms with Gasteiger partial charge in [0.15, 0.2) is 17.5 Å². The van der Waals surface area contributed by atoms with E-state index in [1.165, 1.54) is 0 Å². The third-order valence-electron chi connectivity index (χ3n) is 2.09. The molecule has 1 N–H and O–H groups in total. The van der Waals surface area contributed by atoms with Gasteiger partial charge in [0.05, 0.1) is 19.2 Å². The molecule has 0 aliphatic carbocycles.